The molecule has 2 nitrogen and oxygen atoms in total. The zero-order valence-electron chi connectivity index (χ0n) is 9.50. The Morgan fingerprint density at radius 2 is 1.94 bits per heavy atom. The SMILES string of the molecule is C(#Cc1ccccc1)CNC1CCNCC1. The van der Waals surface area contributed by atoms with Crippen LogP contribution in [0.4, 0.5) is 0 Å². The van der Waals surface area contributed by atoms with Gasteiger partial charge >= 0.3 is 0 Å². The summed E-state index contributed by atoms with van der Waals surface area (Å²) in [6.07, 6.45) is 2.43. The molecule has 84 valence electrons. The van der Waals surface area contributed by atoms with Crippen molar-refractivity contribution in [3.8, 4) is 11.8 Å². The van der Waals surface area contributed by atoms with E-state index in [1.807, 2.05) is 30.3 Å². The number of benzene rings is 1. The van der Waals surface area contributed by atoms with Gasteiger partial charge in [-0.3, -0.25) is 0 Å². The molecule has 16 heavy (non-hydrogen) atoms. The Balaban J connectivity index is 1.73. The lowest BCUT2D eigenvalue weighted by atomic mass is 10.1. The first-order valence-corrected chi connectivity index (χ1v) is 5.93. The molecule has 2 N–H and O–H groups in total. The van der Waals surface area contributed by atoms with Crippen molar-refractivity contribution in [2.75, 3.05) is 19.6 Å². The highest BCUT2D eigenvalue weighted by Gasteiger charge is 2.10. The van der Waals surface area contributed by atoms with Crippen molar-refractivity contribution in [3.63, 3.8) is 0 Å². The van der Waals surface area contributed by atoms with E-state index in [9.17, 15) is 0 Å². The quantitative estimate of drug-likeness (QED) is 0.727. The van der Waals surface area contributed by atoms with Crippen molar-refractivity contribution in [3.05, 3.63) is 35.9 Å². The second-order valence-corrected chi connectivity index (χ2v) is 4.07. The van der Waals surface area contributed by atoms with Gasteiger partial charge in [0.15, 0.2) is 0 Å². The van der Waals surface area contributed by atoms with E-state index >= 15 is 0 Å². The summed E-state index contributed by atoms with van der Waals surface area (Å²) in [4.78, 5) is 0. The average molecular weight is 214 g/mol. The summed E-state index contributed by atoms with van der Waals surface area (Å²) >= 11 is 0. The molecule has 0 bridgehead atoms. The topological polar surface area (TPSA) is 24.1 Å². The second-order valence-electron chi connectivity index (χ2n) is 4.07. The summed E-state index contributed by atoms with van der Waals surface area (Å²) in [7, 11) is 0. The molecule has 2 heteroatoms. The van der Waals surface area contributed by atoms with E-state index in [-0.39, 0.29) is 0 Å². The standard InChI is InChI=1S/C14H18N2/c1-2-5-13(6-3-1)7-4-10-16-14-8-11-15-12-9-14/h1-3,5-6,14-16H,8-12H2. The van der Waals surface area contributed by atoms with Crippen LogP contribution in [-0.4, -0.2) is 25.7 Å². The van der Waals surface area contributed by atoms with Crippen LogP contribution < -0.4 is 10.6 Å². The molecule has 0 amide bonds. The summed E-state index contributed by atoms with van der Waals surface area (Å²) in [6, 6.07) is 10.8. The van der Waals surface area contributed by atoms with Gasteiger partial charge in [-0.1, -0.05) is 30.0 Å². The zero-order valence-corrected chi connectivity index (χ0v) is 9.50. The van der Waals surface area contributed by atoms with Crippen LogP contribution in [0.1, 0.15) is 18.4 Å². The zero-order chi connectivity index (χ0) is 11.1. The van der Waals surface area contributed by atoms with E-state index in [1.54, 1.807) is 0 Å². The molecule has 1 aromatic rings. The minimum absolute atomic E-state index is 0.645. The normalized spacial score (nSPS) is 16.5. The highest BCUT2D eigenvalue weighted by atomic mass is 15.0. The third kappa shape index (κ3) is 3.69. The van der Waals surface area contributed by atoms with Gasteiger partial charge in [-0.2, -0.15) is 0 Å². The fourth-order valence-corrected chi connectivity index (χ4v) is 1.89. The van der Waals surface area contributed by atoms with Gasteiger partial charge in [0, 0.05) is 11.6 Å². The first kappa shape index (κ1) is 11.2. The van der Waals surface area contributed by atoms with Gasteiger partial charge in [-0.05, 0) is 38.1 Å². The van der Waals surface area contributed by atoms with E-state index in [4.69, 9.17) is 0 Å². The maximum Gasteiger partial charge on any atom is 0.0582 e. The predicted octanol–water partition coefficient (Wildman–Crippen LogP) is 1.38. The van der Waals surface area contributed by atoms with Crippen molar-refractivity contribution >= 4 is 0 Å². The average Bonchev–Trinajstić information content (AvgIpc) is 2.37. The molecule has 0 spiro atoms. The molecule has 1 heterocycles. The van der Waals surface area contributed by atoms with Crippen LogP contribution in [0.3, 0.4) is 0 Å². The van der Waals surface area contributed by atoms with E-state index in [1.165, 1.54) is 12.8 Å². The molecule has 1 fully saturated rings. The molecule has 1 saturated heterocycles. The van der Waals surface area contributed by atoms with Gasteiger partial charge in [0.25, 0.3) is 0 Å². The molecule has 0 unspecified atom stereocenters. The van der Waals surface area contributed by atoms with E-state index in [0.29, 0.717) is 6.04 Å². The molecular formula is C14H18N2. The van der Waals surface area contributed by atoms with Crippen LogP contribution in [0.25, 0.3) is 0 Å². The summed E-state index contributed by atoms with van der Waals surface area (Å²) in [6.45, 7) is 3.05. The van der Waals surface area contributed by atoms with E-state index < -0.39 is 0 Å². The third-order valence-electron chi connectivity index (χ3n) is 2.82. The van der Waals surface area contributed by atoms with E-state index in [0.717, 1.165) is 25.2 Å². The van der Waals surface area contributed by atoms with Gasteiger partial charge < -0.3 is 10.6 Å². The molecule has 0 aromatic heterocycles. The monoisotopic (exact) mass is 214 g/mol. The number of piperidine rings is 1. The van der Waals surface area contributed by atoms with Gasteiger partial charge in [-0.25, -0.2) is 0 Å². The lowest BCUT2D eigenvalue weighted by Gasteiger charge is -2.22. The molecule has 0 saturated carbocycles. The summed E-state index contributed by atoms with van der Waals surface area (Å²) in [5.74, 6) is 6.32. The third-order valence-corrected chi connectivity index (χ3v) is 2.82. The minimum atomic E-state index is 0.645. The second kappa shape index (κ2) is 6.32. The van der Waals surface area contributed by atoms with Gasteiger partial charge in [0.05, 0.1) is 6.54 Å². The van der Waals surface area contributed by atoms with Gasteiger partial charge in [-0.15, -0.1) is 0 Å². The Hall–Kier alpha value is -1.30. The van der Waals surface area contributed by atoms with E-state index in [2.05, 4.69) is 22.5 Å². The highest BCUT2D eigenvalue weighted by molar-refractivity contribution is 5.33. The molecule has 1 aliphatic rings. The highest BCUT2D eigenvalue weighted by Crippen LogP contribution is 2.00. The molecular weight excluding hydrogens is 196 g/mol. The summed E-state index contributed by atoms with van der Waals surface area (Å²) in [5.41, 5.74) is 1.09. The number of nitrogens with one attached hydrogen (secondary N) is 2. The lowest BCUT2D eigenvalue weighted by molar-refractivity contribution is 0.401. The molecule has 1 aliphatic heterocycles. The van der Waals surface area contributed by atoms with Crippen molar-refractivity contribution in [2.45, 2.75) is 18.9 Å². The Labute approximate surface area is 97.4 Å². The van der Waals surface area contributed by atoms with Crippen LogP contribution in [0.2, 0.25) is 0 Å². The van der Waals surface area contributed by atoms with Crippen molar-refractivity contribution in [2.24, 2.45) is 0 Å². The van der Waals surface area contributed by atoms with Gasteiger partial charge in [0.2, 0.25) is 0 Å². The van der Waals surface area contributed by atoms with Crippen LogP contribution in [0, 0.1) is 11.8 Å². The van der Waals surface area contributed by atoms with Crippen molar-refractivity contribution in [1.82, 2.24) is 10.6 Å². The van der Waals surface area contributed by atoms with Crippen molar-refractivity contribution < 1.29 is 0 Å². The summed E-state index contributed by atoms with van der Waals surface area (Å²) < 4.78 is 0. The maximum atomic E-state index is 3.48. The Kier molecular flexibility index (Phi) is 4.42. The largest absolute Gasteiger partial charge is 0.317 e. The summed E-state index contributed by atoms with van der Waals surface area (Å²) in [5, 5.41) is 6.83. The molecule has 0 atom stereocenters. The van der Waals surface area contributed by atoms with Crippen LogP contribution >= 0.6 is 0 Å². The smallest absolute Gasteiger partial charge is 0.0582 e. The molecule has 1 aromatic carbocycles. The fraction of sp³-hybridized carbons (Fsp3) is 0.429. The Morgan fingerprint density at radius 1 is 1.19 bits per heavy atom. The van der Waals surface area contributed by atoms with Crippen LogP contribution in [0.15, 0.2) is 30.3 Å². The molecule has 0 aliphatic carbocycles. The first-order chi connectivity index (χ1) is 7.95. The minimum Gasteiger partial charge on any atom is -0.317 e. The molecule has 0 radical (unpaired) electrons. The number of rotatable bonds is 2. The van der Waals surface area contributed by atoms with Crippen LogP contribution in [-0.2, 0) is 0 Å². The Morgan fingerprint density at radius 3 is 2.69 bits per heavy atom. The van der Waals surface area contributed by atoms with Crippen LogP contribution in [0.5, 0.6) is 0 Å². The Bertz CT molecular complexity index is 355. The predicted molar refractivity (Wildman–Crippen MR) is 67.2 cm³/mol. The first-order valence-electron chi connectivity index (χ1n) is 5.93. The van der Waals surface area contributed by atoms with Gasteiger partial charge in [0.1, 0.15) is 0 Å². The fourth-order valence-electron chi connectivity index (χ4n) is 1.89. The van der Waals surface area contributed by atoms with Crippen molar-refractivity contribution in [1.29, 1.82) is 0 Å². The molecule has 2 rings (SSSR count). The lowest BCUT2D eigenvalue weighted by Crippen LogP contribution is -2.40. The number of hydrogen-bond acceptors (Lipinski definition) is 2. The maximum absolute atomic E-state index is 3.48. The number of hydrogen-bond donors (Lipinski definition) is 2.